The first kappa shape index (κ1) is 18.3. The summed E-state index contributed by atoms with van der Waals surface area (Å²) in [5.74, 6) is 1.85. The average molecular weight is 390 g/mol. The average Bonchev–Trinajstić information content (AvgIpc) is 3.59. The highest BCUT2D eigenvalue weighted by Gasteiger charge is 2.28. The van der Waals surface area contributed by atoms with Crippen LogP contribution in [0.3, 0.4) is 0 Å². The van der Waals surface area contributed by atoms with Gasteiger partial charge in [0.1, 0.15) is 5.82 Å². The van der Waals surface area contributed by atoms with Gasteiger partial charge in [-0.3, -0.25) is 4.90 Å². The number of fused-ring (bicyclic) bond motifs is 1. The van der Waals surface area contributed by atoms with Crippen molar-refractivity contribution in [3.05, 3.63) is 46.6 Å². The summed E-state index contributed by atoms with van der Waals surface area (Å²) in [6.07, 6.45) is 3.36. The lowest BCUT2D eigenvalue weighted by molar-refractivity contribution is 0.122. The van der Waals surface area contributed by atoms with Crippen LogP contribution in [0.15, 0.2) is 24.3 Å². The highest BCUT2D eigenvalue weighted by atomic mass is 16.5. The second-order valence-electron chi connectivity index (χ2n) is 8.09. The molecule has 0 spiro atoms. The van der Waals surface area contributed by atoms with E-state index in [0.717, 1.165) is 69.7 Å². The number of hydrogen-bond donors (Lipinski definition) is 1. The summed E-state index contributed by atoms with van der Waals surface area (Å²) in [6.45, 7) is 5.81. The van der Waals surface area contributed by atoms with Gasteiger partial charge in [0.25, 0.3) is 0 Å². The minimum absolute atomic E-state index is 0.550. The largest absolute Gasteiger partial charge is 0.378 e. The van der Waals surface area contributed by atoms with Gasteiger partial charge in [0.15, 0.2) is 0 Å². The number of benzene rings is 1. The van der Waals surface area contributed by atoms with Crippen molar-refractivity contribution >= 4 is 11.8 Å². The molecule has 0 bridgehead atoms. The van der Waals surface area contributed by atoms with Crippen LogP contribution in [0.1, 0.15) is 35.2 Å². The van der Waals surface area contributed by atoms with Gasteiger partial charge in [-0.15, -0.1) is 0 Å². The van der Waals surface area contributed by atoms with Crippen LogP contribution in [0.5, 0.6) is 0 Å². The Balaban J connectivity index is 1.39. The molecule has 7 nitrogen and oxygen atoms in total. The van der Waals surface area contributed by atoms with Crippen LogP contribution in [0.4, 0.5) is 11.8 Å². The number of ether oxygens (including phenoxy) is 1. The van der Waals surface area contributed by atoms with E-state index in [2.05, 4.69) is 27.3 Å². The van der Waals surface area contributed by atoms with Gasteiger partial charge in [0.05, 0.1) is 30.5 Å². The number of hydrogen-bond acceptors (Lipinski definition) is 7. The molecule has 1 aromatic heterocycles. The van der Waals surface area contributed by atoms with Crippen LogP contribution in [-0.4, -0.2) is 53.8 Å². The number of nitriles is 1. The van der Waals surface area contributed by atoms with E-state index in [1.165, 1.54) is 29.7 Å². The van der Waals surface area contributed by atoms with E-state index in [-0.39, 0.29) is 0 Å². The molecule has 1 aliphatic carbocycles. The van der Waals surface area contributed by atoms with Crippen molar-refractivity contribution in [2.24, 2.45) is 0 Å². The van der Waals surface area contributed by atoms with E-state index < -0.39 is 0 Å². The molecule has 5 rings (SSSR count). The summed E-state index contributed by atoms with van der Waals surface area (Å²) in [7, 11) is 0. The van der Waals surface area contributed by atoms with E-state index in [1.54, 1.807) is 0 Å². The van der Waals surface area contributed by atoms with Crippen molar-refractivity contribution in [2.45, 2.75) is 38.4 Å². The Bertz CT molecular complexity index is 929. The van der Waals surface area contributed by atoms with Gasteiger partial charge in [0.2, 0.25) is 5.95 Å². The molecular formula is C22H26N6O. The van der Waals surface area contributed by atoms with Crippen LogP contribution in [-0.2, 0) is 24.2 Å². The van der Waals surface area contributed by atoms with Crippen molar-refractivity contribution < 1.29 is 4.74 Å². The quantitative estimate of drug-likeness (QED) is 0.839. The van der Waals surface area contributed by atoms with Gasteiger partial charge < -0.3 is 15.0 Å². The molecule has 0 radical (unpaired) electrons. The molecule has 3 heterocycles. The molecule has 3 aliphatic rings. The SMILES string of the molecule is N#Cc1cccc(CN2CCc3nc(N4CCOCC4)nc(NC4CC4)c3C2)c1. The number of morpholine rings is 1. The van der Waals surface area contributed by atoms with Crippen molar-refractivity contribution in [2.75, 3.05) is 43.1 Å². The molecule has 0 unspecified atom stereocenters. The summed E-state index contributed by atoms with van der Waals surface area (Å²) in [5, 5.41) is 12.8. The van der Waals surface area contributed by atoms with Crippen LogP contribution in [0.2, 0.25) is 0 Å². The van der Waals surface area contributed by atoms with Crippen molar-refractivity contribution in [1.29, 1.82) is 5.26 Å². The summed E-state index contributed by atoms with van der Waals surface area (Å²) in [4.78, 5) is 14.5. The molecule has 1 N–H and O–H groups in total. The third-order valence-corrected chi connectivity index (χ3v) is 5.80. The molecule has 150 valence electrons. The zero-order valence-corrected chi connectivity index (χ0v) is 16.6. The summed E-state index contributed by atoms with van der Waals surface area (Å²) in [5.41, 5.74) is 4.30. The Hall–Kier alpha value is -2.69. The van der Waals surface area contributed by atoms with E-state index in [0.29, 0.717) is 6.04 Å². The van der Waals surface area contributed by atoms with Crippen molar-refractivity contribution in [1.82, 2.24) is 14.9 Å². The number of anilines is 2. The van der Waals surface area contributed by atoms with Crippen LogP contribution < -0.4 is 10.2 Å². The lowest BCUT2D eigenvalue weighted by atomic mass is 10.0. The Kier molecular flexibility index (Phi) is 5.04. The first-order chi connectivity index (χ1) is 14.3. The van der Waals surface area contributed by atoms with Gasteiger partial charge in [-0.25, -0.2) is 4.98 Å². The minimum Gasteiger partial charge on any atom is -0.378 e. The van der Waals surface area contributed by atoms with Gasteiger partial charge >= 0.3 is 0 Å². The van der Waals surface area contributed by atoms with Gasteiger partial charge in [0, 0.05) is 50.7 Å². The van der Waals surface area contributed by atoms with E-state index >= 15 is 0 Å². The molecule has 2 fully saturated rings. The maximum absolute atomic E-state index is 9.16. The van der Waals surface area contributed by atoms with Gasteiger partial charge in [-0.05, 0) is 30.5 Å². The predicted molar refractivity (Wildman–Crippen MR) is 111 cm³/mol. The fourth-order valence-corrected chi connectivity index (χ4v) is 4.03. The fourth-order valence-electron chi connectivity index (χ4n) is 4.03. The number of nitrogens with one attached hydrogen (secondary N) is 1. The molecule has 2 aromatic rings. The van der Waals surface area contributed by atoms with Crippen molar-refractivity contribution in [3.8, 4) is 6.07 Å². The van der Waals surface area contributed by atoms with Gasteiger partial charge in [-0.1, -0.05) is 12.1 Å². The topological polar surface area (TPSA) is 77.3 Å². The third kappa shape index (κ3) is 4.19. The normalized spacial score (nSPS) is 19.5. The molecule has 7 heteroatoms. The zero-order valence-electron chi connectivity index (χ0n) is 16.6. The second-order valence-corrected chi connectivity index (χ2v) is 8.09. The highest BCUT2D eigenvalue weighted by Crippen LogP contribution is 2.31. The Labute approximate surface area is 171 Å². The number of aromatic nitrogens is 2. The Morgan fingerprint density at radius 2 is 2.03 bits per heavy atom. The van der Waals surface area contributed by atoms with E-state index in [9.17, 15) is 0 Å². The maximum atomic E-state index is 9.16. The number of nitrogens with zero attached hydrogens (tertiary/aromatic N) is 5. The predicted octanol–water partition coefficient (Wildman–Crippen LogP) is 2.32. The minimum atomic E-state index is 0.550. The maximum Gasteiger partial charge on any atom is 0.227 e. The zero-order chi connectivity index (χ0) is 19.6. The first-order valence-corrected chi connectivity index (χ1v) is 10.5. The molecular weight excluding hydrogens is 364 g/mol. The molecule has 1 aromatic carbocycles. The van der Waals surface area contributed by atoms with Crippen LogP contribution in [0.25, 0.3) is 0 Å². The van der Waals surface area contributed by atoms with Gasteiger partial charge in [-0.2, -0.15) is 10.2 Å². The molecule has 29 heavy (non-hydrogen) atoms. The molecule has 1 saturated carbocycles. The summed E-state index contributed by atoms with van der Waals surface area (Å²) < 4.78 is 5.49. The second kappa shape index (κ2) is 7.97. The number of rotatable bonds is 5. The molecule has 2 aliphatic heterocycles. The fraction of sp³-hybridized carbons (Fsp3) is 0.500. The molecule has 1 saturated heterocycles. The summed E-state index contributed by atoms with van der Waals surface area (Å²) in [6, 6.07) is 10.7. The third-order valence-electron chi connectivity index (χ3n) is 5.80. The highest BCUT2D eigenvalue weighted by molar-refractivity contribution is 5.53. The monoisotopic (exact) mass is 390 g/mol. The summed E-state index contributed by atoms with van der Waals surface area (Å²) >= 11 is 0. The first-order valence-electron chi connectivity index (χ1n) is 10.5. The van der Waals surface area contributed by atoms with Crippen LogP contribution >= 0.6 is 0 Å². The van der Waals surface area contributed by atoms with Crippen LogP contribution in [0, 0.1) is 11.3 Å². The molecule has 0 amide bonds. The lowest BCUT2D eigenvalue weighted by Gasteiger charge is -2.32. The Morgan fingerprint density at radius 1 is 1.17 bits per heavy atom. The Morgan fingerprint density at radius 3 is 2.83 bits per heavy atom. The van der Waals surface area contributed by atoms with Crippen molar-refractivity contribution in [3.63, 3.8) is 0 Å². The standard InChI is InChI=1S/C22H26N6O/c23-13-16-2-1-3-17(12-16)14-27-7-6-20-19(15-27)21(24-18-4-5-18)26-22(25-20)28-8-10-29-11-9-28/h1-3,12,18H,4-11,14-15H2,(H,24,25,26). The lowest BCUT2D eigenvalue weighted by Crippen LogP contribution is -2.38. The molecule has 0 atom stereocenters. The van der Waals surface area contributed by atoms with E-state index in [1.807, 2.05) is 18.2 Å². The van der Waals surface area contributed by atoms with E-state index in [4.69, 9.17) is 20.0 Å². The smallest absolute Gasteiger partial charge is 0.227 e.